The van der Waals surface area contributed by atoms with E-state index >= 15 is 0 Å². The lowest BCUT2D eigenvalue weighted by atomic mass is 10.0. The number of rotatable bonds is 6. The lowest BCUT2D eigenvalue weighted by molar-refractivity contribution is -0.121. The van der Waals surface area contributed by atoms with Gasteiger partial charge in [-0.15, -0.1) is 11.6 Å². The van der Waals surface area contributed by atoms with Crippen molar-refractivity contribution < 1.29 is 4.79 Å². The summed E-state index contributed by atoms with van der Waals surface area (Å²) in [6.45, 7) is 2.64. The Balaban J connectivity index is 1.78. The number of halogens is 1. The summed E-state index contributed by atoms with van der Waals surface area (Å²) in [5.74, 6) is 0.600. The Morgan fingerprint density at radius 3 is 2.38 bits per heavy atom. The third-order valence-electron chi connectivity index (χ3n) is 3.55. The maximum absolute atomic E-state index is 11.9. The molecule has 1 N–H and O–H groups in total. The molecular weight excluding hydrogens is 282 g/mol. The highest BCUT2D eigenvalue weighted by molar-refractivity contribution is 6.17. The molecular formula is C18H20ClNO. The molecule has 2 nitrogen and oxygen atoms in total. The number of benzene rings is 2. The van der Waals surface area contributed by atoms with Gasteiger partial charge < -0.3 is 5.32 Å². The van der Waals surface area contributed by atoms with E-state index in [1.807, 2.05) is 36.4 Å². The molecule has 0 heterocycles. The first kappa shape index (κ1) is 15.6. The summed E-state index contributed by atoms with van der Waals surface area (Å²) in [6, 6.07) is 16.2. The van der Waals surface area contributed by atoms with Gasteiger partial charge in [-0.3, -0.25) is 4.79 Å². The third kappa shape index (κ3) is 4.91. The Kier molecular flexibility index (Phi) is 5.82. The van der Waals surface area contributed by atoms with Crippen molar-refractivity contribution in [3.05, 3.63) is 70.8 Å². The number of nitrogens with one attached hydrogen (secondary N) is 1. The van der Waals surface area contributed by atoms with Crippen LogP contribution in [0.25, 0.3) is 0 Å². The number of carbonyl (C=O) groups is 1. The fourth-order valence-corrected chi connectivity index (χ4v) is 2.35. The number of alkyl halides is 1. The number of hydrogen-bond acceptors (Lipinski definition) is 1. The third-order valence-corrected chi connectivity index (χ3v) is 3.86. The summed E-state index contributed by atoms with van der Waals surface area (Å²) in [4.78, 5) is 11.9. The van der Waals surface area contributed by atoms with Gasteiger partial charge in [0, 0.05) is 18.8 Å². The molecule has 0 radical (unpaired) electrons. The topological polar surface area (TPSA) is 29.1 Å². The lowest BCUT2D eigenvalue weighted by Gasteiger charge is -2.07. The van der Waals surface area contributed by atoms with Crippen LogP contribution in [0.15, 0.2) is 48.5 Å². The summed E-state index contributed by atoms with van der Waals surface area (Å²) >= 11 is 5.75. The van der Waals surface area contributed by atoms with E-state index in [1.54, 1.807) is 0 Å². The predicted octanol–water partition coefficient (Wildman–Crippen LogP) is 3.98. The molecule has 0 fully saturated rings. The summed E-state index contributed by atoms with van der Waals surface area (Å²) in [7, 11) is 0. The van der Waals surface area contributed by atoms with Crippen LogP contribution < -0.4 is 5.32 Å². The Morgan fingerprint density at radius 2 is 1.71 bits per heavy atom. The Bertz CT molecular complexity index is 592. The molecule has 0 aromatic heterocycles. The zero-order valence-corrected chi connectivity index (χ0v) is 13.0. The molecule has 110 valence electrons. The minimum atomic E-state index is 0.0830. The fourth-order valence-electron chi connectivity index (χ4n) is 2.17. The van der Waals surface area contributed by atoms with E-state index in [9.17, 15) is 4.79 Å². The SMILES string of the molecule is Cc1ccccc1CCC(=O)NCc1ccc(CCl)cc1. The van der Waals surface area contributed by atoms with Gasteiger partial charge in [0.25, 0.3) is 0 Å². The average molecular weight is 302 g/mol. The molecule has 0 unspecified atom stereocenters. The maximum atomic E-state index is 11.9. The maximum Gasteiger partial charge on any atom is 0.220 e. The summed E-state index contributed by atoms with van der Waals surface area (Å²) < 4.78 is 0. The van der Waals surface area contributed by atoms with Crippen LogP contribution in [0.3, 0.4) is 0 Å². The standard InChI is InChI=1S/C18H20ClNO/c1-14-4-2-3-5-17(14)10-11-18(21)20-13-16-8-6-15(12-19)7-9-16/h2-9H,10-13H2,1H3,(H,20,21). The van der Waals surface area contributed by atoms with Gasteiger partial charge in [-0.25, -0.2) is 0 Å². The van der Waals surface area contributed by atoms with E-state index in [2.05, 4.69) is 24.4 Å². The zero-order valence-electron chi connectivity index (χ0n) is 12.2. The van der Waals surface area contributed by atoms with Crippen molar-refractivity contribution in [3.63, 3.8) is 0 Å². The van der Waals surface area contributed by atoms with Crippen LogP contribution in [0.2, 0.25) is 0 Å². The first-order chi connectivity index (χ1) is 10.2. The van der Waals surface area contributed by atoms with Crippen molar-refractivity contribution in [1.29, 1.82) is 0 Å². The number of amides is 1. The smallest absolute Gasteiger partial charge is 0.220 e. The molecule has 0 aliphatic rings. The first-order valence-electron chi connectivity index (χ1n) is 7.14. The van der Waals surface area contributed by atoms with E-state index in [-0.39, 0.29) is 5.91 Å². The molecule has 0 saturated carbocycles. The van der Waals surface area contributed by atoms with Crippen molar-refractivity contribution >= 4 is 17.5 Å². The highest BCUT2D eigenvalue weighted by Crippen LogP contribution is 2.10. The Hall–Kier alpha value is -1.80. The highest BCUT2D eigenvalue weighted by Gasteiger charge is 2.04. The molecule has 2 aromatic rings. The zero-order chi connectivity index (χ0) is 15.1. The van der Waals surface area contributed by atoms with Crippen molar-refractivity contribution in [1.82, 2.24) is 5.32 Å². The molecule has 0 aliphatic carbocycles. The van der Waals surface area contributed by atoms with Crippen LogP contribution in [-0.4, -0.2) is 5.91 Å². The van der Waals surface area contributed by atoms with Crippen LogP contribution in [0.5, 0.6) is 0 Å². The van der Waals surface area contributed by atoms with Crippen LogP contribution in [0, 0.1) is 6.92 Å². The van der Waals surface area contributed by atoms with Gasteiger partial charge >= 0.3 is 0 Å². The monoisotopic (exact) mass is 301 g/mol. The number of hydrogen-bond donors (Lipinski definition) is 1. The Labute approximate surface area is 131 Å². The second-order valence-corrected chi connectivity index (χ2v) is 5.42. The predicted molar refractivity (Wildman–Crippen MR) is 87.3 cm³/mol. The van der Waals surface area contributed by atoms with Gasteiger partial charge in [-0.1, -0.05) is 48.5 Å². The van der Waals surface area contributed by atoms with E-state index in [1.165, 1.54) is 11.1 Å². The summed E-state index contributed by atoms with van der Waals surface area (Å²) in [6.07, 6.45) is 1.30. The van der Waals surface area contributed by atoms with E-state index < -0.39 is 0 Å². The largest absolute Gasteiger partial charge is 0.352 e. The normalized spacial score (nSPS) is 10.4. The van der Waals surface area contributed by atoms with Crippen molar-refractivity contribution in [2.24, 2.45) is 0 Å². The van der Waals surface area contributed by atoms with E-state index in [0.717, 1.165) is 17.5 Å². The van der Waals surface area contributed by atoms with Gasteiger partial charge in [0.05, 0.1) is 0 Å². The molecule has 1 amide bonds. The van der Waals surface area contributed by atoms with Gasteiger partial charge in [0.1, 0.15) is 0 Å². The average Bonchev–Trinajstić information content (AvgIpc) is 2.52. The van der Waals surface area contributed by atoms with Crippen LogP contribution >= 0.6 is 11.6 Å². The number of aryl methyl sites for hydroxylation is 2. The van der Waals surface area contributed by atoms with Crippen molar-refractivity contribution in [2.75, 3.05) is 0 Å². The molecule has 0 bridgehead atoms. The number of carbonyl (C=O) groups excluding carboxylic acids is 1. The van der Waals surface area contributed by atoms with Crippen molar-refractivity contribution in [2.45, 2.75) is 32.2 Å². The lowest BCUT2D eigenvalue weighted by Crippen LogP contribution is -2.23. The van der Waals surface area contributed by atoms with E-state index in [0.29, 0.717) is 18.8 Å². The quantitative estimate of drug-likeness (QED) is 0.803. The molecule has 0 aliphatic heterocycles. The van der Waals surface area contributed by atoms with Gasteiger partial charge in [0.2, 0.25) is 5.91 Å². The molecule has 0 spiro atoms. The molecule has 21 heavy (non-hydrogen) atoms. The molecule has 0 saturated heterocycles. The minimum Gasteiger partial charge on any atom is -0.352 e. The second kappa shape index (κ2) is 7.84. The van der Waals surface area contributed by atoms with Gasteiger partial charge in [-0.2, -0.15) is 0 Å². The molecule has 0 atom stereocenters. The van der Waals surface area contributed by atoms with Crippen LogP contribution in [0.4, 0.5) is 0 Å². The van der Waals surface area contributed by atoms with Crippen LogP contribution in [-0.2, 0) is 23.6 Å². The molecule has 3 heteroatoms. The second-order valence-electron chi connectivity index (χ2n) is 5.15. The molecule has 2 aromatic carbocycles. The van der Waals surface area contributed by atoms with Crippen molar-refractivity contribution in [3.8, 4) is 0 Å². The first-order valence-corrected chi connectivity index (χ1v) is 7.67. The summed E-state index contributed by atoms with van der Waals surface area (Å²) in [5, 5.41) is 2.95. The van der Waals surface area contributed by atoms with E-state index in [4.69, 9.17) is 11.6 Å². The molecule has 2 rings (SSSR count). The minimum absolute atomic E-state index is 0.0830. The highest BCUT2D eigenvalue weighted by atomic mass is 35.5. The summed E-state index contributed by atoms with van der Waals surface area (Å²) in [5.41, 5.74) is 4.65. The Morgan fingerprint density at radius 1 is 1.05 bits per heavy atom. The van der Waals surface area contributed by atoms with Gasteiger partial charge in [-0.05, 0) is 35.6 Å². The fraction of sp³-hybridized carbons (Fsp3) is 0.278. The van der Waals surface area contributed by atoms with Gasteiger partial charge in [0.15, 0.2) is 0 Å². The van der Waals surface area contributed by atoms with Crippen LogP contribution in [0.1, 0.15) is 28.7 Å².